The molecular formula is C26H32N8O. The third kappa shape index (κ3) is 5.30. The van der Waals surface area contributed by atoms with Crippen molar-refractivity contribution >= 4 is 29.0 Å². The molecule has 2 N–H and O–H groups in total. The number of hydrogen-bond acceptors (Lipinski definition) is 6. The number of benzene rings is 1. The molecule has 2 heterocycles. The average Bonchev–Trinajstić information content (AvgIpc) is 3.31. The number of likely N-dealkylation sites (N-methyl/N-ethyl adjacent to an activating group) is 2. The van der Waals surface area contributed by atoms with Gasteiger partial charge in [-0.15, -0.1) is 4.99 Å². The molecule has 9 nitrogen and oxygen atoms in total. The average molecular weight is 473 g/mol. The number of carbonyl (C=O) groups is 1. The summed E-state index contributed by atoms with van der Waals surface area (Å²) in [6, 6.07) is 7.77. The van der Waals surface area contributed by atoms with Crippen molar-refractivity contribution in [1.82, 2.24) is 15.1 Å². The maximum Gasteiger partial charge on any atom is 0.290 e. The van der Waals surface area contributed by atoms with E-state index in [1.54, 1.807) is 0 Å². The third-order valence-corrected chi connectivity index (χ3v) is 7.01. The lowest BCUT2D eigenvalue weighted by Crippen LogP contribution is -2.49. The van der Waals surface area contributed by atoms with E-state index >= 15 is 0 Å². The lowest BCUT2D eigenvalue weighted by Gasteiger charge is -2.39. The van der Waals surface area contributed by atoms with Gasteiger partial charge in [0.15, 0.2) is 11.9 Å². The van der Waals surface area contributed by atoms with Gasteiger partial charge in [0.1, 0.15) is 0 Å². The van der Waals surface area contributed by atoms with Gasteiger partial charge in [-0.1, -0.05) is 26.0 Å². The molecule has 1 aliphatic carbocycles. The summed E-state index contributed by atoms with van der Waals surface area (Å²) >= 11 is 0. The van der Waals surface area contributed by atoms with Gasteiger partial charge >= 0.3 is 0 Å². The number of nitrogens with one attached hydrogen (secondary N) is 2. The molecule has 0 aromatic heterocycles. The first-order valence-electron chi connectivity index (χ1n) is 12.0. The predicted octanol–water partition coefficient (Wildman–Crippen LogP) is 2.91. The molecule has 1 aromatic rings. The summed E-state index contributed by atoms with van der Waals surface area (Å²) in [5, 5.41) is 24.0. The third-order valence-electron chi connectivity index (χ3n) is 7.01. The Labute approximate surface area is 206 Å². The summed E-state index contributed by atoms with van der Waals surface area (Å²) in [5.74, 6) is 0.766. The van der Waals surface area contributed by atoms with E-state index in [0.717, 1.165) is 43.6 Å². The summed E-state index contributed by atoms with van der Waals surface area (Å²) in [4.78, 5) is 25.0. The highest BCUT2D eigenvalue weighted by Gasteiger charge is 2.29. The van der Waals surface area contributed by atoms with Crippen LogP contribution in [0.5, 0.6) is 0 Å². The highest BCUT2D eigenvalue weighted by Crippen LogP contribution is 2.41. The molecule has 1 saturated heterocycles. The van der Waals surface area contributed by atoms with Crippen LogP contribution in [0, 0.1) is 28.2 Å². The van der Waals surface area contributed by atoms with Crippen LogP contribution in [0.2, 0.25) is 0 Å². The molecule has 35 heavy (non-hydrogen) atoms. The molecule has 1 aromatic carbocycles. The molecule has 4 rings (SSSR count). The summed E-state index contributed by atoms with van der Waals surface area (Å²) in [7, 11) is 3.90. The molecule has 0 spiro atoms. The number of aliphatic imine (C=N–C) groups is 2. The van der Waals surface area contributed by atoms with Gasteiger partial charge in [-0.2, -0.15) is 10.5 Å². The van der Waals surface area contributed by atoms with Gasteiger partial charge in [0.05, 0.1) is 12.6 Å². The van der Waals surface area contributed by atoms with Gasteiger partial charge in [-0.3, -0.25) is 4.79 Å². The standard InChI is InChI=1S/C26H32N8O/c1-26(2)9-7-17(8-10-26)21-11-18(19-14-33(3)25(30-16-28)34(4)15-19)5-6-22(21)32-24(35)23-29-13-20(12-27)31-23/h5-7,11,19-20H,8-10,13-15H2,1-4H3,(H,29,31)(H,32,35). The molecule has 2 aliphatic heterocycles. The normalized spacial score (nSPS) is 23.4. The number of nitriles is 2. The summed E-state index contributed by atoms with van der Waals surface area (Å²) in [6.07, 6.45) is 7.20. The van der Waals surface area contributed by atoms with E-state index in [0.29, 0.717) is 12.5 Å². The van der Waals surface area contributed by atoms with E-state index in [4.69, 9.17) is 10.5 Å². The van der Waals surface area contributed by atoms with E-state index < -0.39 is 6.04 Å². The zero-order valence-corrected chi connectivity index (χ0v) is 20.8. The second-order valence-electron chi connectivity index (χ2n) is 10.3. The van der Waals surface area contributed by atoms with Crippen LogP contribution >= 0.6 is 0 Å². The quantitative estimate of drug-likeness (QED) is 0.650. The SMILES string of the molecule is CN1CC(c2ccc(NC(=O)C3=NC(C#N)CN3)c(C3=CCC(C)(C)CC3)c2)CN(C)C1=NC#N. The first-order valence-corrected chi connectivity index (χ1v) is 12.0. The molecular weight excluding hydrogens is 440 g/mol. The fourth-order valence-electron chi connectivity index (χ4n) is 4.95. The minimum Gasteiger partial charge on any atom is -0.362 e. The van der Waals surface area contributed by atoms with Crippen LogP contribution in [0.15, 0.2) is 34.3 Å². The van der Waals surface area contributed by atoms with E-state index in [-0.39, 0.29) is 23.1 Å². The summed E-state index contributed by atoms with van der Waals surface area (Å²) < 4.78 is 0. The topological polar surface area (TPSA) is 120 Å². The van der Waals surface area contributed by atoms with Gasteiger partial charge < -0.3 is 20.4 Å². The van der Waals surface area contributed by atoms with Gasteiger partial charge in [0, 0.05) is 44.4 Å². The number of rotatable bonds is 4. The number of anilines is 1. The van der Waals surface area contributed by atoms with Crippen molar-refractivity contribution in [3.05, 3.63) is 35.4 Å². The second-order valence-corrected chi connectivity index (χ2v) is 10.3. The van der Waals surface area contributed by atoms with Crippen LogP contribution in [-0.4, -0.2) is 67.3 Å². The minimum absolute atomic E-state index is 0.199. The Kier molecular flexibility index (Phi) is 6.79. The van der Waals surface area contributed by atoms with E-state index in [2.05, 4.69) is 58.7 Å². The Morgan fingerprint density at radius 1 is 1.26 bits per heavy atom. The first-order chi connectivity index (χ1) is 16.7. The number of nitrogens with zero attached hydrogens (tertiary/aromatic N) is 6. The van der Waals surface area contributed by atoms with Crippen LogP contribution < -0.4 is 10.6 Å². The van der Waals surface area contributed by atoms with Crippen molar-refractivity contribution in [3.63, 3.8) is 0 Å². The first kappa shape index (κ1) is 24.3. The monoisotopic (exact) mass is 472 g/mol. The fourth-order valence-corrected chi connectivity index (χ4v) is 4.95. The van der Waals surface area contributed by atoms with Crippen LogP contribution in [0.3, 0.4) is 0 Å². The highest BCUT2D eigenvalue weighted by molar-refractivity contribution is 6.42. The zero-order chi connectivity index (χ0) is 25.2. The number of hydrogen-bond donors (Lipinski definition) is 2. The Morgan fingerprint density at radius 2 is 2.00 bits per heavy atom. The molecule has 0 radical (unpaired) electrons. The second kappa shape index (κ2) is 9.79. The maximum atomic E-state index is 12.9. The molecule has 182 valence electrons. The van der Waals surface area contributed by atoms with Crippen LogP contribution in [0.1, 0.15) is 50.2 Å². The molecule has 1 fully saturated rings. The van der Waals surface area contributed by atoms with Gasteiger partial charge in [-0.05, 0) is 47.9 Å². The summed E-state index contributed by atoms with van der Waals surface area (Å²) in [6.45, 7) is 6.41. The number of allylic oxidation sites excluding steroid dienone is 2. The van der Waals surface area contributed by atoms with Crippen molar-refractivity contribution in [2.75, 3.05) is 39.0 Å². The lowest BCUT2D eigenvalue weighted by atomic mass is 9.76. The van der Waals surface area contributed by atoms with Crippen LogP contribution in [-0.2, 0) is 4.79 Å². The van der Waals surface area contributed by atoms with E-state index in [9.17, 15) is 4.79 Å². The molecule has 0 saturated carbocycles. The molecule has 1 amide bonds. The number of carbonyl (C=O) groups excluding carboxylic acids is 1. The van der Waals surface area contributed by atoms with Crippen molar-refractivity contribution in [2.45, 2.75) is 45.1 Å². The lowest BCUT2D eigenvalue weighted by molar-refractivity contribution is -0.110. The molecule has 1 atom stereocenters. The largest absolute Gasteiger partial charge is 0.362 e. The maximum absolute atomic E-state index is 12.9. The Balaban J connectivity index is 1.65. The Hall–Kier alpha value is -3.85. The van der Waals surface area contributed by atoms with Crippen molar-refractivity contribution in [1.29, 1.82) is 10.5 Å². The zero-order valence-electron chi connectivity index (χ0n) is 20.8. The molecule has 1 unspecified atom stereocenters. The Bertz CT molecular complexity index is 1170. The number of amides is 1. The molecule has 0 bridgehead atoms. The van der Waals surface area contributed by atoms with Crippen molar-refractivity contribution < 1.29 is 4.79 Å². The van der Waals surface area contributed by atoms with Gasteiger partial charge in [0.25, 0.3) is 5.91 Å². The smallest absolute Gasteiger partial charge is 0.290 e. The summed E-state index contributed by atoms with van der Waals surface area (Å²) in [5.41, 5.74) is 4.47. The van der Waals surface area contributed by atoms with Gasteiger partial charge in [0.2, 0.25) is 12.2 Å². The molecule has 9 heteroatoms. The Morgan fingerprint density at radius 3 is 2.60 bits per heavy atom. The molecule has 3 aliphatic rings. The number of amidine groups is 1. The van der Waals surface area contributed by atoms with Crippen LogP contribution in [0.4, 0.5) is 5.69 Å². The fraction of sp³-hybridized carbons (Fsp3) is 0.500. The van der Waals surface area contributed by atoms with Crippen molar-refractivity contribution in [2.24, 2.45) is 15.4 Å². The van der Waals surface area contributed by atoms with E-state index in [1.165, 1.54) is 11.1 Å². The highest BCUT2D eigenvalue weighted by atomic mass is 16.2. The van der Waals surface area contributed by atoms with Gasteiger partial charge in [-0.25, -0.2) is 4.99 Å². The minimum atomic E-state index is -0.532. The van der Waals surface area contributed by atoms with E-state index in [1.807, 2.05) is 36.2 Å². The van der Waals surface area contributed by atoms with Crippen LogP contribution in [0.25, 0.3) is 5.57 Å². The number of guanidine groups is 1. The predicted molar refractivity (Wildman–Crippen MR) is 137 cm³/mol. The van der Waals surface area contributed by atoms with Crippen molar-refractivity contribution in [3.8, 4) is 12.3 Å².